The lowest BCUT2D eigenvalue weighted by Crippen LogP contribution is -2.47. The summed E-state index contributed by atoms with van der Waals surface area (Å²) in [6.07, 6.45) is 2.11. The Hall–Kier alpha value is -1.26. The van der Waals surface area contributed by atoms with Crippen molar-refractivity contribution in [1.29, 1.82) is 0 Å². The first-order valence-electron chi connectivity index (χ1n) is 6.09. The van der Waals surface area contributed by atoms with E-state index >= 15 is 0 Å². The van der Waals surface area contributed by atoms with Crippen LogP contribution < -0.4 is 10.6 Å². The molecule has 0 aliphatic carbocycles. The molecule has 0 fully saturated rings. The number of aliphatic carboxylic acids is 1. The van der Waals surface area contributed by atoms with E-state index in [1.165, 1.54) is 0 Å². The van der Waals surface area contributed by atoms with Crippen molar-refractivity contribution in [3.05, 3.63) is 0 Å². The van der Waals surface area contributed by atoms with Crippen LogP contribution in [-0.4, -0.2) is 29.7 Å². The first-order valence-corrected chi connectivity index (χ1v) is 6.09. The van der Waals surface area contributed by atoms with Crippen LogP contribution in [0.5, 0.6) is 0 Å². The molecule has 5 nitrogen and oxygen atoms in total. The van der Waals surface area contributed by atoms with Gasteiger partial charge >= 0.3 is 12.0 Å². The minimum absolute atomic E-state index is 0.0286. The number of carbonyl (C=O) groups excluding carboxylic acids is 1. The fourth-order valence-corrected chi connectivity index (χ4v) is 1.20. The lowest BCUT2D eigenvalue weighted by molar-refractivity contribution is -0.139. The van der Waals surface area contributed by atoms with E-state index in [2.05, 4.69) is 17.6 Å². The van der Waals surface area contributed by atoms with Crippen LogP contribution in [0.1, 0.15) is 47.0 Å². The normalized spacial score (nSPS) is 12.9. The highest BCUT2D eigenvalue weighted by molar-refractivity contribution is 5.82. The zero-order valence-electron chi connectivity index (χ0n) is 11.2. The zero-order valence-corrected chi connectivity index (χ0v) is 11.2. The molecule has 0 saturated carbocycles. The Morgan fingerprint density at radius 2 is 1.88 bits per heavy atom. The molecule has 5 heteroatoms. The molecule has 0 heterocycles. The number of carboxylic acid groups (broad SMARTS) is 1. The summed E-state index contributed by atoms with van der Waals surface area (Å²) in [5.41, 5.74) is 0.0286. The molecule has 0 aliphatic rings. The van der Waals surface area contributed by atoms with Crippen LogP contribution in [0.4, 0.5) is 4.79 Å². The third-order valence-corrected chi connectivity index (χ3v) is 2.87. The van der Waals surface area contributed by atoms with E-state index in [9.17, 15) is 9.59 Å². The third-order valence-electron chi connectivity index (χ3n) is 2.87. The number of hydrogen-bond donors (Lipinski definition) is 3. The third kappa shape index (κ3) is 6.81. The smallest absolute Gasteiger partial charge is 0.326 e. The lowest BCUT2D eigenvalue weighted by atomic mass is 9.90. The van der Waals surface area contributed by atoms with Crippen LogP contribution in [-0.2, 0) is 4.79 Å². The highest BCUT2D eigenvalue weighted by atomic mass is 16.4. The fourth-order valence-electron chi connectivity index (χ4n) is 1.20. The topological polar surface area (TPSA) is 78.4 Å². The van der Waals surface area contributed by atoms with E-state index in [1.54, 1.807) is 0 Å². The molecule has 0 spiro atoms. The second kappa shape index (κ2) is 7.14. The second-order valence-corrected chi connectivity index (χ2v) is 5.02. The van der Waals surface area contributed by atoms with Crippen LogP contribution in [0.2, 0.25) is 0 Å². The number of urea groups is 1. The van der Waals surface area contributed by atoms with Crippen molar-refractivity contribution in [2.45, 2.75) is 53.0 Å². The summed E-state index contributed by atoms with van der Waals surface area (Å²) in [4.78, 5) is 22.3. The van der Waals surface area contributed by atoms with E-state index in [1.807, 2.05) is 20.8 Å². The van der Waals surface area contributed by atoms with Gasteiger partial charge in [0.25, 0.3) is 0 Å². The molecule has 0 unspecified atom stereocenters. The van der Waals surface area contributed by atoms with Crippen molar-refractivity contribution >= 4 is 12.0 Å². The monoisotopic (exact) mass is 244 g/mol. The summed E-state index contributed by atoms with van der Waals surface area (Å²) in [6.45, 7) is 8.57. The van der Waals surface area contributed by atoms with Crippen molar-refractivity contribution in [3.8, 4) is 0 Å². The van der Waals surface area contributed by atoms with Crippen molar-refractivity contribution in [2.24, 2.45) is 5.41 Å². The van der Waals surface area contributed by atoms with Gasteiger partial charge in [0.15, 0.2) is 0 Å². The molecule has 0 aliphatic heterocycles. The van der Waals surface area contributed by atoms with Crippen LogP contribution >= 0.6 is 0 Å². The molecular formula is C12H24N2O3. The van der Waals surface area contributed by atoms with E-state index in [-0.39, 0.29) is 5.41 Å². The van der Waals surface area contributed by atoms with Crippen LogP contribution in [0, 0.1) is 5.41 Å². The van der Waals surface area contributed by atoms with Gasteiger partial charge in [0, 0.05) is 6.54 Å². The molecule has 3 N–H and O–H groups in total. The summed E-state index contributed by atoms with van der Waals surface area (Å²) in [7, 11) is 0. The first kappa shape index (κ1) is 15.7. The summed E-state index contributed by atoms with van der Waals surface area (Å²) in [5.74, 6) is -0.989. The van der Waals surface area contributed by atoms with Gasteiger partial charge in [-0.3, -0.25) is 0 Å². The summed E-state index contributed by atoms with van der Waals surface area (Å²) >= 11 is 0. The van der Waals surface area contributed by atoms with Gasteiger partial charge in [0.05, 0.1) is 0 Å². The number of hydrogen-bond acceptors (Lipinski definition) is 2. The predicted molar refractivity (Wildman–Crippen MR) is 66.9 cm³/mol. The predicted octanol–water partition coefficient (Wildman–Crippen LogP) is 1.98. The standard InChI is InChI=1S/C12H24N2O3/c1-5-7-9(10(15)16)14-11(17)13-8-12(3,4)6-2/h9H,5-8H2,1-4H3,(H,15,16)(H2,13,14,17)/t9-/m0/s1. The van der Waals surface area contributed by atoms with Crippen molar-refractivity contribution in [1.82, 2.24) is 10.6 Å². The van der Waals surface area contributed by atoms with Crippen LogP contribution in [0.3, 0.4) is 0 Å². The van der Waals surface area contributed by atoms with Gasteiger partial charge in [0.2, 0.25) is 0 Å². The van der Waals surface area contributed by atoms with E-state index in [0.29, 0.717) is 13.0 Å². The number of carbonyl (C=O) groups is 2. The Labute approximate surface area is 103 Å². The van der Waals surface area contributed by atoms with Crippen molar-refractivity contribution in [3.63, 3.8) is 0 Å². The molecule has 0 aromatic carbocycles. The minimum atomic E-state index is -0.989. The quantitative estimate of drug-likeness (QED) is 0.640. The van der Waals surface area contributed by atoms with Crippen LogP contribution in [0.25, 0.3) is 0 Å². The fraction of sp³-hybridized carbons (Fsp3) is 0.833. The average Bonchev–Trinajstić information content (AvgIpc) is 2.26. The molecule has 1 atom stereocenters. The number of amides is 2. The lowest BCUT2D eigenvalue weighted by Gasteiger charge is -2.23. The van der Waals surface area contributed by atoms with Gasteiger partial charge in [-0.1, -0.05) is 34.1 Å². The Balaban J connectivity index is 4.11. The van der Waals surface area contributed by atoms with Gasteiger partial charge in [-0.15, -0.1) is 0 Å². The first-order chi connectivity index (χ1) is 7.82. The summed E-state index contributed by atoms with van der Waals surface area (Å²) < 4.78 is 0. The minimum Gasteiger partial charge on any atom is -0.480 e. The molecule has 100 valence electrons. The largest absolute Gasteiger partial charge is 0.480 e. The Kier molecular flexibility index (Phi) is 6.61. The zero-order chi connectivity index (χ0) is 13.5. The maximum Gasteiger partial charge on any atom is 0.326 e. The molecule has 0 rings (SSSR count). The van der Waals surface area contributed by atoms with Crippen molar-refractivity contribution < 1.29 is 14.7 Å². The second-order valence-electron chi connectivity index (χ2n) is 5.02. The van der Waals surface area contributed by atoms with E-state index < -0.39 is 18.0 Å². The van der Waals surface area contributed by atoms with Crippen molar-refractivity contribution in [2.75, 3.05) is 6.54 Å². The Morgan fingerprint density at radius 1 is 1.29 bits per heavy atom. The van der Waals surface area contributed by atoms with Gasteiger partial charge in [0.1, 0.15) is 6.04 Å². The summed E-state index contributed by atoms with van der Waals surface area (Å²) in [6, 6.07) is -1.21. The van der Waals surface area contributed by atoms with E-state index in [4.69, 9.17) is 5.11 Å². The van der Waals surface area contributed by atoms with Gasteiger partial charge in [-0.2, -0.15) is 0 Å². The molecule has 0 radical (unpaired) electrons. The molecule has 2 amide bonds. The molecule has 0 aromatic rings. The van der Waals surface area contributed by atoms with E-state index in [0.717, 1.165) is 12.8 Å². The summed E-state index contributed by atoms with van der Waals surface area (Å²) in [5, 5.41) is 14.1. The Morgan fingerprint density at radius 3 is 2.29 bits per heavy atom. The Bertz CT molecular complexity index is 264. The number of rotatable bonds is 7. The maximum absolute atomic E-state index is 11.5. The average molecular weight is 244 g/mol. The molecule has 0 bridgehead atoms. The number of nitrogens with one attached hydrogen (secondary N) is 2. The maximum atomic E-state index is 11.5. The molecular weight excluding hydrogens is 220 g/mol. The van der Waals surface area contributed by atoms with Gasteiger partial charge in [-0.25, -0.2) is 9.59 Å². The van der Waals surface area contributed by atoms with Gasteiger partial charge in [-0.05, 0) is 18.3 Å². The highest BCUT2D eigenvalue weighted by Crippen LogP contribution is 2.17. The molecule has 17 heavy (non-hydrogen) atoms. The number of carboxylic acids is 1. The van der Waals surface area contributed by atoms with Gasteiger partial charge < -0.3 is 15.7 Å². The molecule has 0 aromatic heterocycles. The van der Waals surface area contributed by atoms with Crippen LogP contribution in [0.15, 0.2) is 0 Å². The molecule has 0 saturated heterocycles. The highest BCUT2D eigenvalue weighted by Gasteiger charge is 2.20. The SMILES string of the molecule is CCC[C@H](NC(=O)NCC(C)(C)CC)C(=O)O.